The number of nitrogens with zero attached hydrogens (tertiary/aromatic N) is 1. The van der Waals surface area contributed by atoms with E-state index in [-0.39, 0.29) is 5.56 Å². The highest BCUT2D eigenvalue weighted by Gasteiger charge is 2.15. The molecule has 0 aliphatic heterocycles. The van der Waals surface area contributed by atoms with E-state index in [1.54, 1.807) is 0 Å². The van der Waals surface area contributed by atoms with Gasteiger partial charge in [-0.05, 0) is 37.8 Å². The number of hydrogen-bond acceptors (Lipinski definition) is 1. The fourth-order valence-electron chi connectivity index (χ4n) is 2.38. The Kier molecular flexibility index (Phi) is 3.93. The SMILES string of the molecule is CCc1c(CC(C)C)n(-c2ccc(C)cc2)[nH]c1=O. The maximum absolute atomic E-state index is 12.0. The molecule has 0 aliphatic carbocycles. The van der Waals surface area contributed by atoms with Gasteiger partial charge in [0.25, 0.3) is 5.56 Å². The topological polar surface area (TPSA) is 37.8 Å². The summed E-state index contributed by atoms with van der Waals surface area (Å²) < 4.78 is 1.95. The van der Waals surface area contributed by atoms with Gasteiger partial charge in [0.15, 0.2) is 0 Å². The highest BCUT2D eigenvalue weighted by molar-refractivity contribution is 5.37. The van der Waals surface area contributed by atoms with Gasteiger partial charge >= 0.3 is 0 Å². The molecule has 1 heterocycles. The van der Waals surface area contributed by atoms with Gasteiger partial charge < -0.3 is 0 Å². The second-order valence-corrected chi connectivity index (χ2v) is 5.49. The van der Waals surface area contributed by atoms with Crippen molar-refractivity contribution in [2.24, 2.45) is 5.92 Å². The predicted molar refractivity (Wildman–Crippen MR) is 79.0 cm³/mol. The maximum atomic E-state index is 12.0. The number of aryl methyl sites for hydroxylation is 1. The first-order valence-corrected chi connectivity index (χ1v) is 6.92. The summed E-state index contributed by atoms with van der Waals surface area (Å²) >= 11 is 0. The minimum absolute atomic E-state index is 0.0405. The van der Waals surface area contributed by atoms with E-state index in [0.29, 0.717) is 5.92 Å². The lowest BCUT2D eigenvalue weighted by Gasteiger charge is -2.12. The van der Waals surface area contributed by atoms with E-state index < -0.39 is 0 Å². The third kappa shape index (κ3) is 2.80. The first kappa shape index (κ1) is 13.7. The van der Waals surface area contributed by atoms with Gasteiger partial charge in [-0.15, -0.1) is 0 Å². The summed E-state index contributed by atoms with van der Waals surface area (Å²) in [6.07, 6.45) is 1.69. The second-order valence-electron chi connectivity index (χ2n) is 5.49. The molecule has 0 radical (unpaired) electrons. The van der Waals surface area contributed by atoms with Gasteiger partial charge in [0.2, 0.25) is 0 Å². The van der Waals surface area contributed by atoms with Crippen molar-refractivity contribution in [1.29, 1.82) is 0 Å². The zero-order chi connectivity index (χ0) is 14.0. The van der Waals surface area contributed by atoms with Crippen LogP contribution in [0, 0.1) is 12.8 Å². The van der Waals surface area contributed by atoms with E-state index in [9.17, 15) is 4.79 Å². The molecule has 2 rings (SSSR count). The number of benzene rings is 1. The van der Waals surface area contributed by atoms with E-state index in [1.807, 2.05) is 11.6 Å². The fourth-order valence-corrected chi connectivity index (χ4v) is 2.38. The van der Waals surface area contributed by atoms with Crippen molar-refractivity contribution < 1.29 is 0 Å². The van der Waals surface area contributed by atoms with Crippen LogP contribution in [-0.2, 0) is 12.8 Å². The lowest BCUT2D eigenvalue weighted by molar-refractivity contribution is 0.612. The van der Waals surface area contributed by atoms with Crippen LogP contribution >= 0.6 is 0 Å². The first-order chi connectivity index (χ1) is 9.02. The molecule has 0 amide bonds. The Balaban J connectivity index is 2.56. The summed E-state index contributed by atoms with van der Waals surface area (Å²) in [5.74, 6) is 0.525. The van der Waals surface area contributed by atoms with Crippen molar-refractivity contribution >= 4 is 0 Å². The molecular weight excluding hydrogens is 236 g/mol. The first-order valence-electron chi connectivity index (χ1n) is 6.92. The van der Waals surface area contributed by atoms with Crippen molar-refractivity contribution in [2.45, 2.75) is 40.5 Å². The van der Waals surface area contributed by atoms with Gasteiger partial charge in [0.05, 0.1) is 5.69 Å². The molecule has 0 bridgehead atoms. The van der Waals surface area contributed by atoms with Gasteiger partial charge in [0.1, 0.15) is 0 Å². The van der Waals surface area contributed by atoms with Gasteiger partial charge in [-0.1, -0.05) is 38.5 Å². The Bertz CT molecular complexity index is 603. The van der Waals surface area contributed by atoms with E-state index >= 15 is 0 Å². The number of H-pyrrole nitrogens is 1. The highest BCUT2D eigenvalue weighted by atomic mass is 16.1. The Morgan fingerprint density at radius 3 is 2.37 bits per heavy atom. The summed E-state index contributed by atoms with van der Waals surface area (Å²) in [7, 11) is 0. The molecule has 1 aromatic heterocycles. The summed E-state index contributed by atoms with van der Waals surface area (Å²) in [5, 5.41) is 2.97. The Morgan fingerprint density at radius 1 is 1.21 bits per heavy atom. The Morgan fingerprint density at radius 2 is 1.84 bits per heavy atom. The number of rotatable bonds is 4. The van der Waals surface area contributed by atoms with Crippen LogP contribution in [0.3, 0.4) is 0 Å². The molecule has 3 nitrogen and oxygen atoms in total. The van der Waals surface area contributed by atoms with Gasteiger partial charge in [-0.3, -0.25) is 14.6 Å². The normalized spacial score (nSPS) is 11.2. The van der Waals surface area contributed by atoms with E-state index in [0.717, 1.165) is 29.8 Å². The van der Waals surface area contributed by atoms with Gasteiger partial charge in [-0.2, -0.15) is 0 Å². The molecule has 0 saturated carbocycles. The fraction of sp³-hybridized carbons (Fsp3) is 0.438. The number of aromatic nitrogens is 2. The zero-order valence-corrected chi connectivity index (χ0v) is 12.2. The molecule has 0 unspecified atom stereocenters. The molecule has 0 atom stereocenters. The molecule has 3 heteroatoms. The van der Waals surface area contributed by atoms with Gasteiger partial charge in [0, 0.05) is 11.3 Å². The summed E-state index contributed by atoms with van der Waals surface area (Å²) in [4.78, 5) is 12.0. The van der Waals surface area contributed by atoms with Crippen LogP contribution in [0.1, 0.15) is 37.6 Å². The minimum atomic E-state index is 0.0405. The summed E-state index contributed by atoms with van der Waals surface area (Å²) in [6, 6.07) is 8.24. The number of aromatic amines is 1. The standard InChI is InChI=1S/C16H22N2O/c1-5-14-15(10-11(2)3)18(17-16(14)19)13-8-6-12(4)7-9-13/h6-9,11H,5,10H2,1-4H3,(H,17,19). The summed E-state index contributed by atoms with van der Waals surface area (Å²) in [5.41, 5.74) is 4.32. The van der Waals surface area contributed by atoms with Crippen molar-refractivity contribution in [2.75, 3.05) is 0 Å². The lowest BCUT2D eigenvalue weighted by atomic mass is 10.0. The third-order valence-corrected chi connectivity index (χ3v) is 3.35. The van der Waals surface area contributed by atoms with E-state index in [2.05, 4.69) is 50.1 Å². The van der Waals surface area contributed by atoms with Crippen LogP contribution in [0.2, 0.25) is 0 Å². The van der Waals surface area contributed by atoms with Crippen molar-refractivity contribution in [3.05, 3.63) is 51.4 Å². The zero-order valence-electron chi connectivity index (χ0n) is 12.2. The van der Waals surface area contributed by atoms with Gasteiger partial charge in [-0.25, -0.2) is 0 Å². The molecule has 2 aromatic rings. The largest absolute Gasteiger partial charge is 0.268 e. The second kappa shape index (κ2) is 5.47. The van der Waals surface area contributed by atoms with Crippen LogP contribution in [0.25, 0.3) is 5.69 Å². The van der Waals surface area contributed by atoms with Crippen LogP contribution < -0.4 is 5.56 Å². The predicted octanol–water partition coefficient (Wildman–Crippen LogP) is 3.23. The quantitative estimate of drug-likeness (QED) is 0.898. The highest BCUT2D eigenvalue weighted by Crippen LogP contribution is 2.17. The molecule has 102 valence electrons. The molecule has 0 spiro atoms. The van der Waals surface area contributed by atoms with Crippen molar-refractivity contribution in [3.8, 4) is 5.69 Å². The van der Waals surface area contributed by atoms with Crippen molar-refractivity contribution in [1.82, 2.24) is 9.78 Å². The molecular formula is C16H22N2O. The van der Waals surface area contributed by atoms with Crippen LogP contribution in [0.15, 0.2) is 29.1 Å². The monoisotopic (exact) mass is 258 g/mol. The summed E-state index contributed by atoms with van der Waals surface area (Å²) in [6.45, 7) is 8.45. The van der Waals surface area contributed by atoms with Crippen LogP contribution in [-0.4, -0.2) is 9.78 Å². The molecule has 1 N–H and O–H groups in total. The molecule has 1 aromatic carbocycles. The third-order valence-electron chi connectivity index (χ3n) is 3.35. The Hall–Kier alpha value is -1.77. The van der Waals surface area contributed by atoms with E-state index in [4.69, 9.17) is 0 Å². The van der Waals surface area contributed by atoms with Crippen LogP contribution in [0.4, 0.5) is 0 Å². The minimum Gasteiger partial charge on any atom is -0.268 e. The smallest absolute Gasteiger partial charge is 0.267 e. The lowest BCUT2D eigenvalue weighted by Crippen LogP contribution is -2.07. The average molecular weight is 258 g/mol. The molecule has 0 fully saturated rings. The van der Waals surface area contributed by atoms with Crippen LogP contribution in [0.5, 0.6) is 0 Å². The molecule has 0 aliphatic rings. The maximum Gasteiger partial charge on any atom is 0.267 e. The average Bonchev–Trinajstić information content (AvgIpc) is 2.66. The Labute approximate surface area is 114 Å². The van der Waals surface area contributed by atoms with E-state index in [1.165, 1.54) is 5.56 Å². The number of hydrogen-bond donors (Lipinski definition) is 1. The van der Waals surface area contributed by atoms with Crippen molar-refractivity contribution in [3.63, 3.8) is 0 Å². The number of nitrogens with one attached hydrogen (secondary N) is 1. The molecule has 0 saturated heterocycles. The molecule has 19 heavy (non-hydrogen) atoms.